The largest absolute Gasteiger partial charge is 0.512 e. The van der Waals surface area contributed by atoms with E-state index in [0.717, 1.165) is 76.7 Å². The summed E-state index contributed by atoms with van der Waals surface area (Å²) in [6, 6.07) is 24.7. The number of aliphatic hydroxyl groups is 1. The summed E-state index contributed by atoms with van der Waals surface area (Å²) in [6.45, 7) is 23.2. The second-order valence-electron chi connectivity index (χ2n) is 15.6. The van der Waals surface area contributed by atoms with Gasteiger partial charge in [0.25, 0.3) is 0 Å². The molecule has 5 nitrogen and oxygen atoms in total. The van der Waals surface area contributed by atoms with Crippen molar-refractivity contribution in [2.75, 3.05) is 0 Å². The van der Waals surface area contributed by atoms with E-state index in [9.17, 15) is 9.90 Å². The molecule has 2 heterocycles. The molecule has 2 aromatic heterocycles. The molecule has 0 bridgehead atoms. The summed E-state index contributed by atoms with van der Waals surface area (Å²) in [5.41, 5.74) is 5.27. The van der Waals surface area contributed by atoms with Gasteiger partial charge in [-0.3, -0.25) is 9.78 Å². The number of carbonyl (C=O) groups is 1. The van der Waals surface area contributed by atoms with E-state index in [0.29, 0.717) is 5.92 Å². The Morgan fingerprint density at radius 1 is 0.843 bits per heavy atom. The molecular formula is C45H57IrN2O3-. The van der Waals surface area contributed by atoms with Crippen LogP contribution >= 0.6 is 0 Å². The number of benzene rings is 3. The van der Waals surface area contributed by atoms with Crippen LogP contribution in [0.5, 0.6) is 0 Å². The molecule has 0 aliphatic rings. The number of para-hydroxylation sites is 1. The number of ketones is 1. The minimum absolute atomic E-state index is 0. The van der Waals surface area contributed by atoms with Crippen LogP contribution in [0.2, 0.25) is 0 Å². The van der Waals surface area contributed by atoms with Crippen molar-refractivity contribution >= 4 is 27.5 Å². The number of fused-ring (bicyclic) bond motifs is 2. The van der Waals surface area contributed by atoms with Gasteiger partial charge < -0.3 is 9.52 Å². The number of aliphatic hydroxyl groups excluding tert-OH is 1. The average molecular weight is 866 g/mol. The summed E-state index contributed by atoms with van der Waals surface area (Å²) in [7, 11) is 0. The number of furan rings is 1. The van der Waals surface area contributed by atoms with Gasteiger partial charge in [0.15, 0.2) is 5.78 Å². The van der Waals surface area contributed by atoms with Crippen LogP contribution < -0.4 is 0 Å². The molecule has 1 N–H and O–H groups in total. The maximum atomic E-state index is 12.2. The number of allylic oxidation sites excluding steroid dienone is 2. The molecule has 5 aromatic rings. The number of aromatic nitrogens is 2. The van der Waals surface area contributed by atoms with Gasteiger partial charge >= 0.3 is 0 Å². The average Bonchev–Trinajstić information content (AvgIpc) is 3.52. The summed E-state index contributed by atoms with van der Waals surface area (Å²) < 4.78 is 6.26. The maximum absolute atomic E-state index is 12.2. The molecule has 5 rings (SSSR count). The van der Waals surface area contributed by atoms with Gasteiger partial charge in [0.1, 0.15) is 23.4 Å². The zero-order valence-corrected chi connectivity index (χ0v) is 34.9. The summed E-state index contributed by atoms with van der Waals surface area (Å²) in [6.07, 6.45) is 7.32. The molecule has 6 heteroatoms. The van der Waals surface area contributed by atoms with E-state index in [-0.39, 0.29) is 47.9 Å². The Balaban J connectivity index is 0.000000335. The smallest absolute Gasteiger partial charge is 0.164 e. The van der Waals surface area contributed by atoms with Crippen molar-refractivity contribution in [1.82, 2.24) is 9.97 Å². The predicted octanol–water partition coefficient (Wildman–Crippen LogP) is 12.7. The van der Waals surface area contributed by atoms with E-state index in [2.05, 4.69) is 105 Å². The zero-order chi connectivity index (χ0) is 36.9. The van der Waals surface area contributed by atoms with Gasteiger partial charge in [-0.25, -0.2) is 4.98 Å². The molecule has 0 saturated carbocycles. The van der Waals surface area contributed by atoms with Crippen molar-refractivity contribution in [3.8, 4) is 22.5 Å². The van der Waals surface area contributed by atoms with Gasteiger partial charge in [0.05, 0.1) is 5.69 Å². The number of rotatable bonds is 11. The van der Waals surface area contributed by atoms with Gasteiger partial charge in [-0.15, -0.1) is 29.1 Å². The third-order valence-electron chi connectivity index (χ3n) is 10.6. The number of hydrogen-bond donors (Lipinski definition) is 1. The molecule has 1 radical (unpaired) electrons. The summed E-state index contributed by atoms with van der Waals surface area (Å²) >= 11 is 0. The van der Waals surface area contributed by atoms with E-state index in [4.69, 9.17) is 4.42 Å². The molecule has 0 amide bonds. The van der Waals surface area contributed by atoms with E-state index in [1.54, 1.807) is 6.33 Å². The number of carbonyl (C=O) groups excluding carboxylic acids is 1. The van der Waals surface area contributed by atoms with Gasteiger partial charge in [-0.2, -0.15) is 0 Å². The van der Waals surface area contributed by atoms with Gasteiger partial charge in [-0.1, -0.05) is 117 Å². The van der Waals surface area contributed by atoms with Crippen LogP contribution in [0.4, 0.5) is 0 Å². The van der Waals surface area contributed by atoms with Gasteiger partial charge in [0, 0.05) is 60.1 Å². The van der Waals surface area contributed by atoms with Crippen molar-refractivity contribution < 1.29 is 34.4 Å². The first-order chi connectivity index (χ1) is 23.6. The van der Waals surface area contributed by atoms with Crippen molar-refractivity contribution in [3.63, 3.8) is 0 Å². The fraction of sp³-hybridized carbons (Fsp3) is 0.444. The summed E-state index contributed by atoms with van der Waals surface area (Å²) in [4.78, 5) is 21.4. The summed E-state index contributed by atoms with van der Waals surface area (Å²) in [5, 5.41) is 13.6. The molecule has 0 spiro atoms. The van der Waals surface area contributed by atoms with E-state index in [1.165, 1.54) is 17.0 Å². The first-order valence-corrected chi connectivity index (χ1v) is 18.3. The molecule has 0 saturated heterocycles. The minimum Gasteiger partial charge on any atom is -0.512 e. The van der Waals surface area contributed by atoms with E-state index in [1.807, 2.05) is 47.6 Å². The van der Waals surface area contributed by atoms with Crippen molar-refractivity contribution in [3.05, 3.63) is 96.2 Å². The molecule has 275 valence electrons. The van der Waals surface area contributed by atoms with Crippen molar-refractivity contribution in [2.45, 2.75) is 114 Å². The number of hydrogen-bond acceptors (Lipinski definition) is 5. The molecular weight excluding hydrogens is 809 g/mol. The van der Waals surface area contributed by atoms with Crippen LogP contribution in [0.25, 0.3) is 44.3 Å². The topological polar surface area (TPSA) is 76.2 Å². The van der Waals surface area contributed by atoms with Crippen molar-refractivity contribution in [2.24, 2.45) is 16.7 Å². The van der Waals surface area contributed by atoms with Gasteiger partial charge in [-0.05, 0) is 55.2 Å². The Bertz CT molecular complexity index is 1960. The molecule has 51 heavy (non-hydrogen) atoms. The summed E-state index contributed by atoms with van der Waals surface area (Å²) in [5.74, 6) is 1.84. The van der Waals surface area contributed by atoms with Crippen LogP contribution in [-0.2, 0) is 36.7 Å². The van der Waals surface area contributed by atoms with Gasteiger partial charge in [0.2, 0.25) is 0 Å². The van der Waals surface area contributed by atoms with E-state index >= 15 is 0 Å². The fourth-order valence-corrected chi connectivity index (χ4v) is 6.15. The standard InChI is InChI=1S/C30H29N2O.C15H28O2.Ir/c1-19(2)13-23-15-21-10-8-12-25(29(21)33-23)28-17-27(31-18-32-28)22-14-20-9-6-7-11-24(20)26(16-22)30(3,4)5;1-7-14(5,8-2)12(16)11-13(17)15(6,9-3)10-4;/h6-12,15-19H,13H2,1-5H3;11,16H,7-10H2,1-6H3;/q-1;;/b;12-11-;. The first kappa shape index (κ1) is 41.8. The second kappa shape index (κ2) is 17.3. The third kappa shape index (κ3) is 9.64. The van der Waals surface area contributed by atoms with Crippen LogP contribution in [0.15, 0.2) is 83.2 Å². The first-order valence-electron chi connectivity index (χ1n) is 18.3. The molecule has 0 atom stereocenters. The van der Waals surface area contributed by atoms with Crippen molar-refractivity contribution in [1.29, 1.82) is 0 Å². The van der Waals surface area contributed by atoms with Crippen LogP contribution in [-0.4, -0.2) is 20.9 Å². The third-order valence-corrected chi connectivity index (χ3v) is 10.6. The Labute approximate surface area is 319 Å². The van der Waals surface area contributed by atoms with Crippen LogP contribution in [0.3, 0.4) is 0 Å². The number of nitrogens with zero attached hydrogens (tertiary/aromatic N) is 2. The monoisotopic (exact) mass is 866 g/mol. The minimum atomic E-state index is -0.337. The van der Waals surface area contributed by atoms with Crippen LogP contribution in [0, 0.1) is 22.8 Å². The molecule has 0 aliphatic heterocycles. The normalized spacial score (nSPS) is 12.5. The fourth-order valence-electron chi connectivity index (χ4n) is 6.15. The Morgan fingerprint density at radius 3 is 2.08 bits per heavy atom. The van der Waals surface area contributed by atoms with Crippen LogP contribution in [0.1, 0.15) is 113 Å². The Hall–Kier alpha value is -3.60. The molecule has 3 aromatic carbocycles. The molecule has 0 fully saturated rings. The Kier molecular flexibility index (Phi) is 14.2. The predicted molar refractivity (Wildman–Crippen MR) is 209 cm³/mol. The molecule has 0 unspecified atom stereocenters. The second-order valence-corrected chi connectivity index (χ2v) is 15.6. The maximum Gasteiger partial charge on any atom is 0.164 e. The quantitative estimate of drug-likeness (QED) is 0.0813. The zero-order valence-electron chi connectivity index (χ0n) is 32.5. The SMILES string of the molecule is CC(C)Cc1cc2cccc(-c3cc(-c4[c-]c5ccccc5c(C(C)(C)C)c4)ncn3)c2o1.CCC(C)(CC)C(=O)/C=C(\O)C(C)(CC)CC.[Ir]. The Morgan fingerprint density at radius 2 is 1.47 bits per heavy atom. The van der Waals surface area contributed by atoms with E-state index < -0.39 is 0 Å². The molecule has 0 aliphatic carbocycles.